The fraction of sp³-hybridized carbons (Fsp3) is 0.263. The monoisotopic (exact) mass is 374 g/mol. The lowest BCUT2D eigenvalue weighted by Gasteiger charge is -2.05. The summed E-state index contributed by atoms with van der Waals surface area (Å²) in [4.78, 5) is 18.8. The van der Waals surface area contributed by atoms with Gasteiger partial charge in [-0.25, -0.2) is 9.37 Å². The molecule has 0 saturated carbocycles. The molecular formula is C19H19FN2OS2. The highest BCUT2D eigenvalue weighted by molar-refractivity contribution is 7.16. The summed E-state index contributed by atoms with van der Waals surface area (Å²) in [5.41, 5.74) is 1.60. The Morgan fingerprint density at radius 1 is 1.20 bits per heavy atom. The van der Waals surface area contributed by atoms with E-state index in [-0.39, 0.29) is 11.7 Å². The summed E-state index contributed by atoms with van der Waals surface area (Å²) < 4.78 is 13.5. The minimum Gasteiger partial charge on any atom is -0.356 e. The Hall–Kier alpha value is -2.05. The number of benzene rings is 1. The average Bonchev–Trinajstić information content (AvgIpc) is 3.23. The summed E-state index contributed by atoms with van der Waals surface area (Å²) in [5.74, 6) is -0.297. The van der Waals surface area contributed by atoms with E-state index in [4.69, 9.17) is 0 Å². The number of aromatic nitrogens is 1. The molecule has 0 radical (unpaired) electrons. The maximum atomic E-state index is 13.5. The van der Waals surface area contributed by atoms with Crippen LogP contribution in [0.2, 0.25) is 0 Å². The van der Waals surface area contributed by atoms with Gasteiger partial charge >= 0.3 is 0 Å². The van der Waals surface area contributed by atoms with Gasteiger partial charge in [-0.15, -0.1) is 22.7 Å². The first-order valence-electron chi connectivity index (χ1n) is 8.13. The number of thiazole rings is 1. The fourth-order valence-corrected chi connectivity index (χ4v) is 4.14. The zero-order valence-electron chi connectivity index (χ0n) is 13.9. The van der Waals surface area contributed by atoms with Gasteiger partial charge in [0.05, 0.1) is 15.6 Å². The zero-order valence-corrected chi connectivity index (χ0v) is 15.6. The molecule has 0 spiro atoms. The van der Waals surface area contributed by atoms with Gasteiger partial charge in [0.15, 0.2) is 0 Å². The summed E-state index contributed by atoms with van der Waals surface area (Å²) in [7, 11) is 0. The molecule has 2 aromatic heterocycles. The van der Waals surface area contributed by atoms with E-state index < -0.39 is 0 Å². The molecule has 1 aromatic carbocycles. The van der Waals surface area contributed by atoms with Gasteiger partial charge in [-0.2, -0.15) is 0 Å². The van der Waals surface area contributed by atoms with Crippen molar-refractivity contribution in [3.05, 3.63) is 63.0 Å². The van der Waals surface area contributed by atoms with E-state index in [0.29, 0.717) is 24.9 Å². The van der Waals surface area contributed by atoms with E-state index in [2.05, 4.69) is 27.8 Å². The molecule has 0 fully saturated rings. The number of carbonyl (C=O) groups excluding carboxylic acids is 1. The number of hydrogen-bond acceptors (Lipinski definition) is 4. The fourth-order valence-electron chi connectivity index (χ4n) is 2.49. The third-order valence-corrected chi connectivity index (χ3v) is 5.75. The second-order valence-electron chi connectivity index (χ2n) is 5.71. The molecule has 130 valence electrons. The highest BCUT2D eigenvalue weighted by Crippen LogP contribution is 2.29. The van der Waals surface area contributed by atoms with Crippen molar-refractivity contribution < 1.29 is 9.18 Å². The van der Waals surface area contributed by atoms with Gasteiger partial charge in [0.2, 0.25) is 5.91 Å². The number of amides is 1. The van der Waals surface area contributed by atoms with Crippen LogP contribution in [0.15, 0.2) is 41.8 Å². The average molecular weight is 375 g/mol. The van der Waals surface area contributed by atoms with Crippen LogP contribution in [0.1, 0.15) is 21.9 Å². The van der Waals surface area contributed by atoms with Crippen LogP contribution in [0.4, 0.5) is 4.39 Å². The van der Waals surface area contributed by atoms with Crippen LogP contribution < -0.4 is 5.32 Å². The molecule has 0 aliphatic heterocycles. The van der Waals surface area contributed by atoms with Gasteiger partial charge in [0.1, 0.15) is 5.82 Å². The van der Waals surface area contributed by atoms with Crippen molar-refractivity contribution in [1.82, 2.24) is 10.3 Å². The lowest BCUT2D eigenvalue weighted by molar-refractivity contribution is -0.121. The second kappa shape index (κ2) is 8.36. The summed E-state index contributed by atoms with van der Waals surface area (Å²) in [6, 6.07) is 10.7. The second-order valence-corrected chi connectivity index (χ2v) is 7.94. The number of halogens is 1. The topological polar surface area (TPSA) is 42.0 Å². The lowest BCUT2D eigenvalue weighted by atomic mass is 10.1. The maximum Gasteiger partial charge on any atom is 0.220 e. The first-order chi connectivity index (χ1) is 12.1. The van der Waals surface area contributed by atoms with Crippen LogP contribution in [0.3, 0.4) is 0 Å². The molecule has 2 heterocycles. The van der Waals surface area contributed by atoms with Crippen molar-refractivity contribution in [2.24, 2.45) is 0 Å². The SMILES string of the molecule is Cc1nc(-c2ccc(CCNC(=O)CCc3ccccc3F)s2)cs1. The summed E-state index contributed by atoms with van der Waals surface area (Å²) in [6.07, 6.45) is 1.51. The smallest absolute Gasteiger partial charge is 0.220 e. The Balaban J connectivity index is 1.43. The molecule has 3 nitrogen and oxygen atoms in total. The molecule has 6 heteroatoms. The molecule has 1 amide bonds. The highest BCUT2D eigenvalue weighted by atomic mass is 32.1. The first kappa shape index (κ1) is 17.8. The maximum absolute atomic E-state index is 13.5. The number of rotatable bonds is 7. The van der Waals surface area contributed by atoms with Crippen LogP contribution in [-0.2, 0) is 17.6 Å². The molecule has 0 bridgehead atoms. The quantitative estimate of drug-likeness (QED) is 0.656. The Kier molecular flexibility index (Phi) is 5.94. The predicted octanol–water partition coefficient (Wildman–Crippen LogP) is 4.61. The van der Waals surface area contributed by atoms with E-state index in [0.717, 1.165) is 22.0 Å². The van der Waals surface area contributed by atoms with Crippen LogP contribution in [-0.4, -0.2) is 17.4 Å². The Bertz CT molecular complexity index is 856. The molecule has 0 atom stereocenters. The minimum absolute atomic E-state index is 0.0461. The normalized spacial score (nSPS) is 10.8. The van der Waals surface area contributed by atoms with Crippen molar-refractivity contribution in [1.29, 1.82) is 0 Å². The third kappa shape index (κ3) is 4.96. The van der Waals surface area contributed by atoms with E-state index >= 15 is 0 Å². The number of carbonyl (C=O) groups is 1. The van der Waals surface area contributed by atoms with Crippen LogP contribution in [0, 0.1) is 12.7 Å². The summed E-state index contributed by atoms with van der Waals surface area (Å²) >= 11 is 3.35. The van der Waals surface area contributed by atoms with E-state index in [9.17, 15) is 9.18 Å². The molecule has 0 saturated heterocycles. The Labute approximate surface area is 154 Å². The van der Waals surface area contributed by atoms with Crippen LogP contribution in [0.5, 0.6) is 0 Å². The van der Waals surface area contributed by atoms with E-state index in [1.54, 1.807) is 40.9 Å². The number of nitrogens with one attached hydrogen (secondary N) is 1. The number of nitrogens with zero attached hydrogens (tertiary/aromatic N) is 1. The van der Waals surface area contributed by atoms with Gasteiger partial charge in [-0.1, -0.05) is 18.2 Å². The van der Waals surface area contributed by atoms with Crippen molar-refractivity contribution in [3.8, 4) is 10.6 Å². The van der Waals surface area contributed by atoms with Crippen molar-refractivity contribution in [2.75, 3.05) is 6.54 Å². The Morgan fingerprint density at radius 2 is 2.04 bits per heavy atom. The summed E-state index contributed by atoms with van der Waals surface area (Å²) in [6.45, 7) is 2.59. The lowest BCUT2D eigenvalue weighted by Crippen LogP contribution is -2.25. The molecule has 3 aromatic rings. The third-order valence-electron chi connectivity index (χ3n) is 3.81. The molecular weight excluding hydrogens is 355 g/mol. The Morgan fingerprint density at radius 3 is 2.80 bits per heavy atom. The van der Waals surface area contributed by atoms with Crippen molar-refractivity contribution >= 4 is 28.6 Å². The van der Waals surface area contributed by atoms with E-state index in [1.807, 2.05) is 6.92 Å². The molecule has 3 rings (SSSR count). The predicted molar refractivity (Wildman–Crippen MR) is 102 cm³/mol. The summed E-state index contributed by atoms with van der Waals surface area (Å²) in [5, 5.41) is 6.03. The van der Waals surface area contributed by atoms with Gasteiger partial charge in [0, 0.05) is 23.2 Å². The standard InChI is InChI=1S/C19H19FN2OS2/c1-13-22-17(12-24-13)18-8-7-15(25-18)10-11-21-19(23)9-6-14-4-2-3-5-16(14)20/h2-5,7-8,12H,6,9-11H2,1H3,(H,21,23). The van der Waals surface area contributed by atoms with Crippen molar-refractivity contribution in [3.63, 3.8) is 0 Å². The number of aryl methyl sites for hydroxylation is 2. The van der Waals surface area contributed by atoms with Crippen LogP contribution in [0.25, 0.3) is 10.6 Å². The zero-order chi connectivity index (χ0) is 17.6. The number of hydrogen-bond donors (Lipinski definition) is 1. The highest BCUT2D eigenvalue weighted by Gasteiger charge is 2.08. The first-order valence-corrected chi connectivity index (χ1v) is 9.83. The molecule has 0 aliphatic rings. The van der Waals surface area contributed by atoms with Crippen LogP contribution >= 0.6 is 22.7 Å². The van der Waals surface area contributed by atoms with Gasteiger partial charge in [0.25, 0.3) is 0 Å². The largest absolute Gasteiger partial charge is 0.356 e. The minimum atomic E-state index is -0.251. The number of thiophene rings is 1. The van der Waals surface area contributed by atoms with Gasteiger partial charge < -0.3 is 5.32 Å². The molecule has 25 heavy (non-hydrogen) atoms. The molecule has 0 unspecified atom stereocenters. The van der Waals surface area contributed by atoms with E-state index in [1.165, 1.54) is 10.9 Å². The molecule has 0 aliphatic carbocycles. The van der Waals surface area contributed by atoms with Gasteiger partial charge in [-0.05, 0) is 43.5 Å². The molecule has 1 N–H and O–H groups in total. The van der Waals surface area contributed by atoms with Crippen molar-refractivity contribution in [2.45, 2.75) is 26.2 Å². The van der Waals surface area contributed by atoms with Gasteiger partial charge in [-0.3, -0.25) is 4.79 Å².